The number of amides is 2. The highest BCUT2D eigenvalue weighted by Crippen LogP contribution is 2.14. The fraction of sp³-hybridized carbons (Fsp3) is 0.833. The molecule has 0 saturated heterocycles. The zero-order chi connectivity index (χ0) is 18.8. The predicted octanol–water partition coefficient (Wildman–Crippen LogP) is 1.50. The first kappa shape index (κ1) is 22.4. The van der Waals surface area contributed by atoms with Crippen LogP contribution in [0.2, 0.25) is 0 Å². The lowest BCUT2D eigenvalue weighted by molar-refractivity contribution is -0.173. The summed E-state index contributed by atoms with van der Waals surface area (Å²) < 4.78 is 81.3. The smallest absolute Gasteiger partial charge is 0.353 e. The lowest BCUT2D eigenvalue weighted by Gasteiger charge is -2.14. The van der Waals surface area contributed by atoms with Gasteiger partial charge in [0.25, 0.3) is 0 Å². The Morgan fingerprint density at radius 1 is 0.833 bits per heavy atom. The van der Waals surface area contributed by atoms with E-state index in [2.05, 4.69) is 0 Å². The number of halogens is 6. The molecule has 142 valence electrons. The van der Waals surface area contributed by atoms with Gasteiger partial charge in [0.1, 0.15) is 0 Å². The summed E-state index contributed by atoms with van der Waals surface area (Å²) in [7, 11) is 0. The fourth-order valence-corrected chi connectivity index (χ4v) is 1.30. The van der Waals surface area contributed by atoms with Crippen LogP contribution in [0.5, 0.6) is 0 Å². The number of carbonyl (C=O) groups is 2. The molecule has 0 saturated carbocycles. The van der Waals surface area contributed by atoms with Crippen molar-refractivity contribution in [2.24, 2.45) is 0 Å². The van der Waals surface area contributed by atoms with Crippen LogP contribution in [0.15, 0.2) is 0 Å². The van der Waals surface area contributed by atoms with Crippen molar-refractivity contribution in [3.05, 3.63) is 0 Å². The second-order valence-corrected chi connectivity index (χ2v) is 4.52. The first-order valence-corrected chi connectivity index (χ1v) is 6.88. The van der Waals surface area contributed by atoms with Crippen LogP contribution in [0.1, 0.15) is 19.8 Å². The van der Waals surface area contributed by atoms with Crippen LogP contribution in [0.25, 0.3) is 0 Å². The van der Waals surface area contributed by atoms with E-state index >= 15 is 0 Å². The van der Waals surface area contributed by atoms with E-state index < -0.39 is 30.5 Å². The number of hydrogen-bond acceptors (Lipinski definition) is 4. The molecule has 0 rings (SSSR count). The van der Waals surface area contributed by atoms with Crippen LogP contribution in [-0.2, 0) is 19.1 Å². The molecule has 0 aromatic heterocycles. The number of nitrogens with one attached hydrogen (secondary N) is 2. The third kappa shape index (κ3) is 11.0. The van der Waals surface area contributed by atoms with Gasteiger partial charge in [0.2, 0.25) is 0 Å². The minimum atomic E-state index is -4.93. The molecule has 0 aliphatic heterocycles. The summed E-state index contributed by atoms with van der Waals surface area (Å²) in [5.41, 5.74) is 0. The first-order chi connectivity index (χ1) is 10.9. The van der Waals surface area contributed by atoms with E-state index in [4.69, 9.17) is 9.47 Å². The molecule has 24 heavy (non-hydrogen) atoms. The van der Waals surface area contributed by atoms with Crippen molar-refractivity contribution < 1.29 is 45.4 Å². The van der Waals surface area contributed by atoms with Gasteiger partial charge in [-0.25, -0.2) is 0 Å². The maximum Gasteiger partial charge on any atom is 0.471 e. The quantitative estimate of drug-likeness (QED) is 0.348. The molecule has 0 aromatic carbocycles. The molecule has 0 aliphatic rings. The standard InChI is InChI=1S/C12H18F6N2O4/c1-8(23-6-2-4-19-9(21)11(13,14)15)24-7-3-5-20-10(22)12(16,17)18/h8H,2-7H2,1H3,(H,19,21)(H,20,22). The Kier molecular flexibility index (Phi) is 9.66. The number of ether oxygens (including phenoxy) is 2. The number of alkyl halides is 6. The average Bonchev–Trinajstić information content (AvgIpc) is 2.44. The SMILES string of the molecule is CC(OCCCNC(=O)C(F)(F)F)OCCCNC(=O)C(F)(F)F. The van der Waals surface area contributed by atoms with Crippen LogP contribution < -0.4 is 10.6 Å². The molecule has 0 fully saturated rings. The minimum Gasteiger partial charge on any atom is -0.353 e. The van der Waals surface area contributed by atoms with Crippen molar-refractivity contribution >= 4 is 11.8 Å². The maximum absolute atomic E-state index is 11.9. The van der Waals surface area contributed by atoms with Crippen LogP contribution in [0.3, 0.4) is 0 Å². The third-order valence-corrected chi connectivity index (χ3v) is 2.43. The molecule has 0 unspecified atom stereocenters. The van der Waals surface area contributed by atoms with Gasteiger partial charge in [-0.15, -0.1) is 0 Å². The van der Waals surface area contributed by atoms with Gasteiger partial charge in [0.15, 0.2) is 6.29 Å². The van der Waals surface area contributed by atoms with Gasteiger partial charge in [-0.1, -0.05) is 0 Å². The Balaban J connectivity index is 3.56. The Morgan fingerprint density at radius 2 is 1.17 bits per heavy atom. The van der Waals surface area contributed by atoms with Crippen molar-refractivity contribution in [2.75, 3.05) is 26.3 Å². The van der Waals surface area contributed by atoms with Gasteiger partial charge in [-0.05, 0) is 19.8 Å². The highest BCUT2D eigenvalue weighted by Gasteiger charge is 2.38. The van der Waals surface area contributed by atoms with Crippen LogP contribution in [0.4, 0.5) is 26.3 Å². The highest BCUT2D eigenvalue weighted by molar-refractivity contribution is 5.81. The summed E-state index contributed by atoms with van der Waals surface area (Å²) in [6.07, 6.45) is -10.4. The molecule has 0 atom stereocenters. The average molecular weight is 368 g/mol. The molecule has 6 nitrogen and oxygen atoms in total. The summed E-state index contributed by atoms with van der Waals surface area (Å²) in [5.74, 6) is -4.07. The molecule has 0 aliphatic carbocycles. The minimum absolute atomic E-state index is 0.0180. The van der Waals surface area contributed by atoms with Gasteiger partial charge in [-0.2, -0.15) is 26.3 Å². The van der Waals surface area contributed by atoms with Gasteiger partial charge >= 0.3 is 24.2 Å². The van der Waals surface area contributed by atoms with Gasteiger partial charge in [0, 0.05) is 13.1 Å². The molecule has 0 spiro atoms. The third-order valence-electron chi connectivity index (χ3n) is 2.43. The molecule has 0 bridgehead atoms. The molecule has 12 heteroatoms. The van der Waals surface area contributed by atoms with Crippen LogP contribution >= 0.6 is 0 Å². The largest absolute Gasteiger partial charge is 0.471 e. The fourth-order valence-electron chi connectivity index (χ4n) is 1.30. The van der Waals surface area contributed by atoms with E-state index in [1.54, 1.807) is 10.6 Å². The molecular weight excluding hydrogens is 350 g/mol. The van der Waals surface area contributed by atoms with Crippen LogP contribution in [0, 0.1) is 0 Å². The summed E-state index contributed by atoms with van der Waals surface area (Å²) in [6.45, 7) is 1.07. The summed E-state index contributed by atoms with van der Waals surface area (Å²) in [6, 6.07) is 0. The maximum atomic E-state index is 11.9. The Hall–Kier alpha value is -1.56. The topological polar surface area (TPSA) is 76.7 Å². The Bertz CT molecular complexity index is 364. The van der Waals surface area contributed by atoms with E-state index in [1.807, 2.05) is 0 Å². The van der Waals surface area contributed by atoms with Crippen molar-refractivity contribution in [1.82, 2.24) is 10.6 Å². The van der Waals surface area contributed by atoms with E-state index in [0.717, 1.165) is 0 Å². The summed E-state index contributed by atoms with van der Waals surface area (Å²) in [4.78, 5) is 20.9. The summed E-state index contributed by atoms with van der Waals surface area (Å²) in [5, 5.41) is 3.32. The Morgan fingerprint density at radius 3 is 1.46 bits per heavy atom. The lowest BCUT2D eigenvalue weighted by Crippen LogP contribution is -2.37. The highest BCUT2D eigenvalue weighted by atomic mass is 19.4. The second kappa shape index (κ2) is 10.3. The normalized spacial score (nSPS) is 12.3. The van der Waals surface area contributed by atoms with Gasteiger partial charge in [-0.3, -0.25) is 9.59 Å². The monoisotopic (exact) mass is 368 g/mol. The van der Waals surface area contributed by atoms with E-state index in [0.29, 0.717) is 0 Å². The molecule has 0 radical (unpaired) electrons. The zero-order valence-corrected chi connectivity index (χ0v) is 12.7. The molecule has 2 N–H and O–H groups in total. The van der Waals surface area contributed by atoms with E-state index in [1.165, 1.54) is 6.92 Å². The zero-order valence-electron chi connectivity index (χ0n) is 12.7. The van der Waals surface area contributed by atoms with E-state index in [-0.39, 0.29) is 39.1 Å². The van der Waals surface area contributed by atoms with Crippen LogP contribution in [-0.4, -0.2) is 56.8 Å². The molecule has 0 heterocycles. The second-order valence-electron chi connectivity index (χ2n) is 4.52. The number of rotatable bonds is 10. The first-order valence-electron chi connectivity index (χ1n) is 6.88. The molecule has 0 aromatic rings. The van der Waals surface area contributed by atoms with Crippen molar-refractivity contribution in [1.29, 1.82) is 0 Å². The number of carbonyl (C=O) groups excluding carboxylic acids is 2. The number of hydrogen-bond donors (Lipinski definition) is 2. The predicted molar refractivity (Wildman–Crippen MR) is 68.7 cm³/mol. The summed E-state index contributed by atoms with van der Waals surface area (Å²) >= 11 is 0. The van der Waals surface area contributed by atoms with Crippen molar-refractivity contribution in [2.45, 2.75) is 38.4 Å². The molecular formula is C12H18F6N2O4. The Labute approximate surface area is 133 Å². The van der Waals surface area contributed by atoms with E-state index in [9.17, 15) is 35.9 Å². The molecule has 2 amide bonds. The van der Waals surface area contributed by atoms with Gasteiger partial charge < -0.3 is 20.1 Å². The van der Waals surface area contributed by atoms with Gasteiger partial charge in [0.05, 0.1) is 13.2 Å². The lowest BCUT2D eigenvalue weighted by atomic mass is 10.4. The van der Waals surface area contributed by atoms with Crippen molar-refractivity contribution in [3.63, 3.8) is 0 Å². The van der Waals surface area contributed by atoms with Crippen molar-refractivity contribution in [3.8, 4) is 0 Å².